The first-order valence-corrected chi connectivity index (χ1v) is 6.09. The van der Waals surface area contributed by atoms with Crippen LogP contribution in [0.2, 0.25) is 0 Å². The van der Waals surface area contributed by atoms with Crippen molar-refractivity contribution < 1.29 is 9.59 Å². The van der Waals surface area contributed by atoms with Crippen molar-refractivity contribution in [2.45, 2.75) is 25.4 Å². The van der Waals surface area contributed by atoms with E-state index in [0.717, 1.165) is 5.56 Å². The standard InChI is InChI=1S/C15H16N2O2/c1-4-15(2,3)17-10-12(18)16-13(14(17)19)11-8-6-5-7-9-11/h1,5-9,13H,10H2,2-3H3,(H,16,18). The van der Waals surface area contributed by atoms with Gasteiger partial charge in [0.15, 0.2) is 0 Å². The number of terminal acetylenes is 1. The third-order valence-electron chi connectivity index (χ3n) is 3.28. The van der Waals surface area contributed by atoms with E-state index in [4.69, 9.17) is 6.42 Å². The highest BCUT2D eigenvalue weighted by Gasteiger charge is 2.40. The number of carbonyl (C=O) groups excluding carboxylic acids is 2. The van der Waals surface area contributed by atoms with Gasteiger partial charge in [-0.15, -0.1) is 6.42 Å². The van der Waals surface area contributed by atoms with Crippen molar-refractivity contribution in [2.24, 2.45) is 0 Å². The van der Waals surface area contributed by atoms with Crippen molar-refractivity contribution in [1.29, 1.82) is 0 Å². The lowest BCUT2D eigenvalue weighted by Crippen LogP contribution is -2.59. The first kappa shape index (κ1) is 13.2. The normalized spacial score (nSPS) is 19.8. The molecule has 0 radical (unpaired) electrons. The summed E-state index contributed by atoms with van der Waals surface area (Å²) in [6.45, 7) is 3.51. The lowest BCUT2D eigenvalue weighted by molar-refractivity contribution is -0.148. The second kappa shape index (κ2) is 4.77. The van der Waals surface area contributed by atoms with Crippen molar-refractivity contribution >= 4 is 11.8 Å². The average Bonchev–Trinajstić information content (AvgIpc) is 2.42. The molecule has 0 aliphatic carbocycles. The van der Waals surface area contributed by atoms with Gasteiger partial charge in [0.05, 0.1) is 5.54 Å². The highest BCUT2D eigenvalue weighted by Crippen LogP contribution is 2.24. The Bertz CT molecular complexity index is 543. The molecule has 2 rings (SSSR count). The van der Waals surface area contributed by atoms with Crippen LogP contribution in [-0.2, 0) is 9.59 Å². The summed E-state index contributed by atoms with van der Waals surface area (Å²) in [7, 11) is 0. The first-order chi connectivity index (χ1) is 8.95. The fraction of sp³-hybridized carbons (Fsp3) is 0.333. The molecule has 0 aromatic heterocycles. The predicted molar refractivity (Wildman–Crippen MR) is 72.0 cm³/mol. The van der Waals surface area contributed by atoms with Crippen LogP contribution in [0.5, 0.6) is 0 Å². The van der Waals surface area contributed by atoms with Gasteiger partial charge >= 0.3 is 0 Å². The van der Waals surface area contributed by atoms with Gasteiger partial charge in [-0.05, 0) is 19.4 Å². The van der Waals surface area contributed by atoms with Gasteiger partial charge in [-0.3, -0.25) is 9.59 Å². The largest absolute Gasteiger partial charge is 0.339 e. The van der Waals surface area contributed by atoms with E-state index >= 15 is 0 Å². The maximum atomic E-state index is 12.5. The first-order valence-electron chi connectivity index (χ1n) is 6.09. The van der Waals surface area contributed by atoms with E-state index < -0.39 is 11.6 Å². The highest BCUT2D eigenvalue weighted by atomic mass is 16.2. The van der Waals surface area contributed by atoms with E-state index in [9.17, 15) is 9.59 Å². The second-order valence-corrected chi connectivity index (χ2v) is 5.04. The van der Waals surface area contributed by atoms with Crippen LogP contribution >= 0.6 is 0 Å². The molecule has 1 aromatic rings. The smallest absolute Gasteiger partial charge is 0.251 e. The fourth-order valence-electron chi connectivity index (χ4n) is 2.07. The maximum absolute atomic E-state index is 12.5. The van der Waals surface area contributed by atoms with Gasteiger partial charge in [-0.25, -0.2) is 0 Å². The Labute approximate surface area is 112 Å². The molecule has 1 heterocycles. The van der Waals surface area contributed by atoms with Crippen LogP contribution in [-0.4, -0.2) is 28.8 Å². The number of rotatable bonds is 2. The third kappa shape index (κ3) is 2.45. The molecule has 1 aliphatic rings. The minimum absolute atomic E-state index is 0.000628. The number of hydrogen-bond acceptors (Lipinski definition) is 2. The number of hydrogen-bond donors (Lipinski definition) is 1. The van der Waals surface area contributed by atoms with Crippen LogP contribution in [0.25, 0.3) is 0 Å². The third-order valence-corrected chi connectivity index (χ3v) is 3.28. The summed E-state index contributed by atoms with van der Waals surface area (Å²) in [5.74, 6) is 2.19. The van der Waals surface area contributed by atoms with E-state index in [1.54, 1.807) is 13.8 Å². The molecule has 1 aliphatic heterocycles. The molecule has 0 spiro atoms. The monoisotopic (exact) mass is 256 g/mol. The summed E-state index contributed by atoms with van der Waals surface area (Å²) < 4.78 is 0. The number of benzene rings is 1. The Morgan fingerprint density at radius 2 is 1.95 bits per heavy atom. The average molecular weight is 256 g/mol. The van der Waals surface area contributed by atoms with Gasteiger partial charge in [0.25, 0.3) is 5.91 Å². The maximum Gasteiger partial charge on any atom is 0.251 e. The quantitative estimate of drug-likeness (QED) is 0.805. The Hall–Kier alpha value is -2.28. The van der Waals surface area contributed by atoms with Crippen molar-refractivity contribution in [3.8, 4) is 12.3 Å². The van der Waals surface area contributed by atoms with Crippen molar-refractivity contribution in [2.75, 3.05) is 6.54 Å². The molecule has 1 N–H and O–H groups in total. The fourth-order valence-corrected chi connectivity index (χ4v) is 2.07. The topological polar surface area (TPSA) is 49.4 Å². The van der Waals surface area contributed by atoms with Crippen molar-refractivity contribution in [3.63, 3.8) is 0 Å². The number of nitrogens with zero attached hydrogens (tertiary/aromatic N) is 1. The van der Waals surface area contributed by atoms with Gasteiger partial charge in [-0.1, -0.05) is 36.3 Å². The number of amides is 2. The van der Waals surface area contributed by atoms with Crippen LogP contribution in [0.3, 0.4) is 0 Å². The Kier molecular flexibility index (Phi) is 3.30. The van der Waals surface area contributed by atoms with E-state index in [-0.39, 0.29) is 18.4 Å². The van der Waals surface area contributed by atoms with Gasteiger partial charge in [0, 0.05) is 0 Å². The Morgan fingerprint density at radius 3 is 2.53 bits per heavy atom. The summed E-state index contributed by atoms with van der Waals surface area (Å²) in [5.41, 5.74) is -0.0135. The molecule has 1 unspecified atom stereocenters. The van der Waals surface area contributed by atoms with E-state index in [0.29, 0.717) is 0 Å². The van der Waals surface area contributed by atoms with Crippen molar-refractivity contribution in [3.05, 3.63) is 35.9 Å². The minimum atomic E-state index is -0.776. The van der Waals surface area contributed by atoms with Crippen LogP contribution in [0.1, 0.15) is 25.5 Å². The molecule has 1 saturated heterocycles. The van der Waals surface area contributed by atoms with Crippen LogP contribution < -0.4 is 5.32 Å². The molecule has 19 heavy (non-hydrogen) atoms. The summed E-state index contributed by atoms with van der Waals surface area (Å²) in [4.78, 5) is 25.7. The van der Waals surface area contributed by atoms with Crippen LogP contribution in [0.4, 0.5) is 0 Å². The lowest BCUT2D eigenvalue weighted by atomic mass is 9.97. The molecule has 1 aromatic carbocycles. The molecule has 1 fully saturated rings. The predicted octanol–water partition coefficient (Wildman–Crippen LogP) is 1.10. The highest BCUT2D eigenvalue weighted by molar-refractivity contribution is 5.96. The molecular formula is C15H16N2O2. The second-order valence-electron chi connectivity index (χ2n) is 5.04. The Balaban J connectivity index is 2.35. The van der Waals surface area contributed by atoms with Crippen LogP contribution in [0, 0.1) is 12.3 Å². The van der Waals surface area contributed by atoms with E-state index in [1.165, 1.54) is 4.90 Å². The van der Waals surface area contributed by atoms with E-state index in [2.05, 4.69) is 11.2 Å². The molecule has 0 saturated carbocycles. The zero-order chi connectivity index (χ0) is 14.0. The molecular weight excluding hydrogens is 240 g/mol. The molecule has 4 heteroatoms. The number of nitrogens with one attached hydrogen (secondary N) is 1. The molecule has 0 bridgehead atoms. The SMILES string of the molecule is C#CC(C)(C)N1CC(=O)NC(c2ccccc2)C1=O. The van der Waals surface area contributed by atoms with Gasteiger partial charge in [0.2, 0.25) is 5.91 Å². The van der Waals surface area contributed by atoms with Crippen LogP contribution in [0.15, 0.2) is 30.3 Å². The summed E-state index contributed by atoms with van der Waals surface area (Å²) in [6, 6.07) is 8.50. The minimum Gasteiger partial charge on any atom is -0.339 e. The molecule has 1 atom stereocenters. The summed E-state index contributed by atoms with van der Waals surface area (Å²) >= 11 is 0. The van der Waals surface area contributed by atoms with Gasteiger partial charge in [-0.2, -0.15) is 0 Å². The zero-order valence-electron chi connectivity index (χ0n) is 11.0. The zero-order valence-corrected chi connectivity index (χ0v) is 11.0. The Morgan fingerprint density at radius 1 is 1.32 bits per heavy atom. The van der Waals surface area contributed by atoms with Gasteiger partial charge in [0.1, 0.15) is 12.6 Å². The van der Waals surface area contributed by atoms with Gasteiger partial charge < -0.3 is 10.2 Å². The molecule has 4 nitrogen and oxygen atoms in total. The molecule has 98 valence electrons. The molecule has 2 amide bonds. The summed E-state index contributed by atoms with van der Waals surface area (Å²) in [5, 5.41) is 2.71. The van der Waals surface area contributed by atoms with E-state index in [1.807, 2.05) is 30.3 Å². The summed E-state index contributed by atoms with van der Waals surface area (Å²) in [6.07, 6.45) is 5.45. The lowest BCUT2D eigenvalue weighted by Gasteiger charge is -2.40. The number of carbonyl (C=O) groups is 2. The number of piperazine rings is 1. The van der Waals surface area contributed by atoms with Crippen molar-refractivity contribution in [1.82, 2.24) is 10.2 Å².